The van der Waals surface area contributed by atoms with Gasteiger partial charge >= 0.3 is 0 Å². The number of para-hydroxylation sites is 1. The minimum Gasteiger partial charge on any atom is -0.346 e. The molecule has 5 nitrogen and oxygen atoms in total. The van der Waals surface area contributed by atoms with E-state index in [1.165, 1.54) is 6.07 Å². The van der Waals surface area contributed by atoms with Crippen LogP contribution in [0.25, 0.3) is 0 Å². The molecule has 0 aromatic heterocycles. The summed E-state index contributed by atoms with van der Waals surface area (Å²) in [5.74, 6) is -0.942. The molecule has 0 fully saturated rings. The van der Waals surface area contributed by atoms with Crippen molar-refractivity contribution < 1.29 is 14.0 Å². The molecule has 2 atom stereocenters. The van der Waals surface area contributed by atoms with Crippen LogP contribution in [0.3, 0.4) is 0 Å². The first-order valence-electron chi connectivity index (χ1n) is 8.94. The Balaban J connectivity index is 1.86. The number of anilines is 1. The molecule has 0 aliphatic carbocycles. The van der Waals surface area contributed by atoms with E-state index in [1.54, 1.807) is 32.0 Å². The molecule has 2 aromatic carbocycles. The molecule has 3 N–H and O–H groups in total. The predicted molar refractivity (Wildman–Crippen MR) is 105 cm³/mol. The van der Waals surface area contributed by atoms with E-state index >= 15 is 0 Å². The van der Waals surface area contributed by atoms with Crippen LogP contribution < -0.4 is 16.0 Å². The Morgan fingerprint density at radius 3 is 2.26 bits per heavy atom. The van der Waals surface area contributed by atoms with E-state index in [2.05, 4.69) is 16.0 Å². The van der Waals surface area contributed by atoms with E-state index in [9.17, 15) is 14.0 Å². The van der Waals surface area contributed by atoms with Crippen molar-refractivity contribution in [1.29, 1.82) is 0 Å². The number of halogens is 1. The highest BCUT2D eigenvalue weighted by molar-refractivity contribution is 5.96. The normalized spacial score (nSPS) is 12.9. The zero-order valence-corrected chi connectivity index (χ0v) is 16.1. The SMILES string of the molecule is Cc1cccc(C)c1NC(=O)CNC(=O)C(C)NC(C)c1ccccc1F. The molecule has 0 saturated heterocycles. The maximum atomic E-state index is 13.8. The topological polar surface area (TPSA) is 70.2 Å². The van der Waals surface area contributed by atoms with Crippen molar-refractivity contribution in [2.24, 2.45) is 0 Å². The highest BCUT2D eigenvalue weighted by atomic mass is 19.1. The van der Waals surface area contributed by atoms with Gasteiger partial charge in [-0.2, -0.15) is 0 Å². The number of nitrogens with one attached hydrogen (secondary N) is 3. The van der Waals surface area contributed by atoms with Crippen molar-refractivity contribution in [3.8, 4) is 0 Å². The van der Waals surface area contributed by atoms with Crippen molar-refractivity contribution in [2.45, 2.75) is 39.8 Å². The lowest BCUT2D eigenvalue weighted by Crippen LogP contribution is -2.45. The predicted octanol–water partition coefficient (Wildman–Crippen LogP) is 3.24. The Hall–Kier alpha value is -2.73. The monoisotopic (exact) mass is 371 g/mol. The molecular weight excluding hydrogens is 345 g/mol. The molecule has 6 heteroatoms. The summed E-state index contributed by atoms with van der Waals surface area (Å²) in [6.07, 6.45) is 0. The number of hydrogen-bond acceptors (Lipinski definition) is 3. The maximum Gasteiger partial charge on any atom is 0.243 e. The Kier molecular flexibility index (Phi) is 7.07. The van der Waals surface area contributed by atoms with E-state index in [-0.39, 0.29) is 30.2 Å². The van der Waals surface area contributed by atoms with Crippen LogP contribution in [0, 0.1) is 19.7 Å². The highest BCUT2D eigenvalue weighted by Gasteiger charge is 2.18. The summed E-state index contributed by atoms with van der Waals surface area (Å²) in [6.45, 7) is 7.16. The van der Waals surface area contributed by atoms with Crippen LogP contribution in [0.15, 0.2) is 42.5 Å². The first-order chi connectivity index (χ1) is 12.8. The minimum atomic E-state index is -0.576. The van der Waals surface area contributed by atoms with Gasteiger partial charge in [0.25, 0.3) is 0 Å². The van der Waals surface area contributed by atoms with Crippen LogP contribution in [-0.2, 0) is 9.59 Å². The van der Waals surface area contributed by atoms with Gasteiger partial charge in [-0.05, 0) is 44.9 Å². The number of hydrogen-bond donors (Lipinski definition) is 3. The highest BCUT2D eigenvalue weighted by Crippen LogP contribution is 2.19. The molecule has 0 heterocycles. The van der Waals surface area contributed by atoms with Crippen molar-refractivity contribution >= 4 is 17.5 Å². The second kappa shape index (κ2) is 9.28. The van der Waals surface area contributed by atoms with Gasteiger partial charge in [0.05, 0.1) is 12.6 Å². The van der Waals surface area contributed by atoms with Gasteiger partial charge in [-0.3, -0.25) is 14.9 Å². The number of aryl methyl sites for hydroxylation is 2. The van der Waals surface area contributed by atoms with Crippen molar-refractivity contribution in [1.82, 2.24) is 10.6 Å². The molecule has 0 radical (unpaired) electrons. The van der Waals surface area contributed by atoms with Gasteiger partial charge in [-0.15, -0.1) is 0 Å². The fraction of sp³-hybridized carbons (Fsp3) is 0.333. The van der Waals surface area contributed by atoms with E-state index < -0.39 is 6.04 Å². The summed E-state index contributed by atoms with van der Waals surface area (Å²) >= 11 is 0. The minimum absolute atomic E-state index is 0.132. The molecule has 0 spiro atoms. The number of carbonyl (C=O) groups excluding carboxylic acids is 2. The van der Waals surface area contributed by atoms with Crippen LogP contribution in [-0.4, -0.2) is 24.4 Å². The molecule has 0 aliphatic heterocycles. The summed E-state index contributed by atoms with van der Waals surface area (Å²) in [5, 5.41) is 8.47. The standard InChI is InChI=1S/C21H26FN3O2/c1-13-8-7-9-14(2)20(13)25-19(26)12-23-21(27)16(4)24-15(3)17-10-5-6-11-18(17)22/h5-11,15-16,24H,12H2,1-4H3,(H,23,27)(H,25,26). The Bertz CT molecular complexity index is 803. The van der Waals surface area contributed by atoms with Gasteiger partial charge in [-0.25, -0.2) is 4.39 Å². The molecular formula is C21H26FN3O2. The molecule has 27 heavy (non-hydrogen) atoms. The lowest BCUT2D eigenvalue weighted by atomic mass is 10.1. The van der Waals surface area contributed by atoms with Gasteiger partial charge in [-0.1, -0.05) is 36.4 Å². The van der Waals surface area contributed by atoms with Crippen molar-refractivity contribution in [2.75, 3.05) is 11.9 Å². The fourth-order valence-electron chi connectivity index (χ4n) is 2.88. The van der Waals surface area contributed by atoms with Crippen LogP contribution in [0.4, 0.5) is 10.1 Å². The van der Waals surface area contributed by atoms with E-state index in [0.29, 0.717) is 5.56 Å². The summed E-state index contributed by atoms with van der Waals surface area (Å²) in [5.41, 5.74) is 3.17. The molecule has 0 aliphatic rings. The van der Waals surface area contributed by atoms with Crippen LogP contribution in [0.5, 0.6) is 0 Å². The Morgan fingerprint density at radius 2 is 1.63 bits per heavy atom. The lowest BCUT2D eigenvalue weighted by Gasteiger charge is -2.20. The maximum absolute atomic E-state index is 13.8. The third-order valence-electron chi connectivity index (χ3n) is 4.43. The van der Waals surface area contributed by atoms with Crippen LogP contribution >= 0.6 is 0 Å². The molecule has 2 unspecified atom stereocenters. The molecule has 2 amide bonds. The molecule has 0 bridgehead atoms. The second-order valence-electron chi connectivity index (χ2n) is 6.66. The summed E-state index contributed by atoms with van der Waals surface area (Å²) in [7, 11) is 0. The summed E-state index contributed by atoms with van der Waals surface area (Å²) < 4.78 is 13.8. The zero-order valence-electron chi connectivity index (χ0n) is 16.1. The largest absolute Gasteiger partial charge is 0.346 e. The first-order valence-corrected chi connectivity index (χ1v) is 8.94. The zero-order chi connectivity index (χ0) is 20.0. The third kappa shape index (κ3) is 5.62. The fourth-order valence-corrected chi connectivity index (χ4v) is 2.88. The number of carbonyl (C=O) groups is 2. The van der Waals surface area contributed by atoms with Gasteiger partial charge in [0, 0.05) is 17.3 Å². The van der Waals surface area contributed by atoms with Gasteiger partial charge in [0.1, 0.15) is 5.82 Å². The number of benzene rings is 2. The Morgan fingerprint density at radius 1 is 1.00 bits per heavy atom. The quantitative estimate of drug-likeness (QED) is 0.700. The van der Waals surface area contributed by atoms with Gasteiger partial charge in [0.15, 0.2) is 0 Å². The number of amides is 2. The Labute approximate surface area is 159 Å². The van der Waals surface area contributed by atoms with Crippen LogP contribution in [0.2, 0.25) is 0 Å². The number of rotatable bonds is 7. The van der Waals surface area contributed by atoms with Gasteiger partial charge in [0.2, 0.25) is 11.8 Å². The third-order valence-corrected chi connectivity index (χ3v) is 4.43. The van der Waals surface area contributed by atoms with E-state index in [0.717, 1.165) is 16.8 Å². The van der Waals surface area contributed by atoms with Crippen molar-refractivity contribution in [3.63, 3.8) is 0 Å². The first kappa shape index (κ1) is 20.6. The van der Waals surface area contributed by atoms with Crippen molar-refractivity contribution in [3.05, 3.63) is 65.0 Å². The average Bonchev–Trinajstić information content (AvgIpc) is 2.63. The lowest BCUT2D eigenvalue weighted by molar-refractivity contribution is -0.125. The van der Waals surface area contributed by atoms with Crippen LogP contribution in [0.1, 0.15) is 36.6 Å². The smallest absolute Gasteiger partial charge is 0.243 e. The van der Waals surface area contributed by atoms with Gasteiger partial charge < -0.3 is 10.6 Å². The molecule has 0 saturated carbocycles. The van der Waals surface area contributed by atoms with E-state index in [1.807, 2.05) is 32.0 Å². The summed E-state index contributed by atoms with van der Waals surface area (Å²) in [4.78, 5) is 24.4. The van der Waals surface area contributed by atoms with E-state index in [4.69, 9.17) is 0 Å². The second-order valence-corrected chi connectivity index (χ2v) is 6.66. The average molecular weight is 371 g/mol. The molecule has 2 aromatic rings. The molecule has 2 rings (SSSR count). The summed E-state index contributed by atoms with van der Waals surface area (Å²) in [6, 6.07) is 11.3. The molecule has 144 valence electrons.